The molecule has 0 unspecified atom stereocenters. The van der Waals surface area contributed by atoms with E-state index in [2.05, 4.69) is 29.3 Å². The summed E-state index contributed by atoms with van der Waals surface area (Å²) in [6, 6.07) is 10.3. The van der Waals surface area contributed by atoms with Crippen LogP contribution in [0.1, 0.15) is 53.7 Å². The van der Waals surface area contributed by atoms with Crippen LogP contribution in [-0.2, 0) is 13.0 Å². The fourth-order valence-corrected chi connectivity index (χ4v) is 5.39. The lowest BCUT2D eigenvalue weighted by molar-refractivity contribution is 0.0957. The molecule has 0 spiro atoms. The van der Waals surface area contributed by atoms with Crippen molar-refractivity contribution < 1.29 is 4.79 Å². The second-order valence-corrected chi connectivity index (χ2v) is 9.06. The van der Waals surface area contributed by atoms with Crippen molar-refractivity contribution in [3.05, 3.63) is 57.0 Å². The Morgan fingerprint density at radius 2 is 2.03 bits per heavy atom. The largest absolute Gasteiger partial charge is 0.372 e. The number of hydrogen-bond donors (Lipinski definition) is 1. The Morgan fingerprint density at radius 3 is 2.81 bits per heavy atom. The number of fused-ring (bicyclic) bond motifs is 2. The van der Waals surface area contributed by atoms with Crippen molar-refractivity contribution in [2.24, 2.45) is 0 Å². The van der Waals surface area contributed by atoms with Gasteiger partial charge in [0.05, 0.1) is 10.3 Å². The molecule has 2 aromatic heterocycles. The smallest absolute Gasteiger partial charge is 0.262 e. The Morgan fingerprint density at radius 1 is 1.23 bits per heavy atom. The van der Waals surface area contributed by atoms with E-state index in [1.54, 1.807) is 0 Å². The monoisotopic (exact) mass is 438 g/mol. The first kappa shape index (κ1) is 21.6. The van der Waals surface area contributed by atoms with Gasteiger partial charge in [-0.05, 0) is 50.8 Å². The number of rotatable bonds is 7. The average molecular weight is 439 g/mol. The van der Waals surface area contributed by atoms with Crippen LogP contribution in [0.25, 0.3) is 10.2 Å². The molecule has 31 heavy (non-hydrogen) atoms. The Kier molecular flexibility index (Phi) is 6.70. The minimum absolute atomic E-state index is 0.0103. The van der Waals surface area contributed by atoms with Gasteiger partial charge in [-0.2, -0.15) is 0 Å². The van der Waals surface area contributed by atoms with E-state index in [9.17, 15) is 9.59 Å². The molecule has 164 valence electrons. The maximum Gasteiger partial charge on any atom is 0.262 e. The van der Waals surface area contributed by atoms with Gasteiger partial charge in [0, 0.05) is 38.3 Å². The van der Waals surface area contributed by atoms with E-state index in [0.717, 1.165) is 63.1 Å². The average Bonchev–Trinajstić information content (AvgIpc) is 2.95. The van der Waals surface area contributed by atoms with Gasteiger partial charge < -0.3 is 10.2 Å². The minimum atomic E-state index is -0.108. The van der Waals surface area contributed by atoms with Crippen molar-refractivity contribution in [3.8, 4) is 0 Å². The van der Waals surface area contributed by atoms with Gasteiger partial charge in [0.15, 0.2) is 0 Å². The molecule has 6 nitrogen and oxygen atoms in total. The van der Waals surface area contributed by atoms with Gasteiger partial charge in [0.25, 0.3) is 11.5 Å². The normalized spacial score (nSPS) is 13.6. The molecular formula is C24H30N4O2S. The van der Waals surface area contributed by atoms with Crippen molar-refractivity contribution in [1.82, 2.24) is 14.9 Å². The molecule has 0 saturated carbocycles. The Labute approximate surface area is 186 Å². The van der Waals surface area contributed by atoms with Gasteiger partial charge in [0.2, 0.25) is 0 Å². The first-order chi connectivity index (χ1) is 15.1. The molecule has 0 saturated heterocycles. The van der Waals surface area contributed by atoms with E-state index in [4.69, 9.17) is 4.98 Å². The van der Waals surface area contributed by atoms with Crippen molar-refractivity contribution in [3.63, 3.8) is 0 Å². The zero-order valence-corrected chi connectivity index (χ0v) is 19.1. The highest BCUT2D eigenvalue weighted by Gasteiger charge is 2.22. The van der Waals surface area contributed by atoms with Crippen LogP contribution in [0, 0.1) is 6.92 Å². The third kappa shape index (κ3) is 4.51. The van der Waals surface area contributed by atoms with Gasteiger partial charge in [-0.15, -0.1) is 11.3 Å². The number of benzene rings is 1. The Hall–Kier alpha value is -2.67. The van der Waals surface area contributed by atoms with Gasteiger partial charge >= 0.3 is 0 Å². The molecule has 0 aliphatic carbocycles. The molecule has 3 aromatic rings. The zero-order valence-electron chi connectivity index (χ0n) is 18.3. The summed E-state index contributed by atoms with van der Waals surface area (Å²) in [4.78, 5) is 34.3. The van der Waals surface area contributed by atoms with Crippen LogP contribution in [0.2, 0.25) is 0 Å². The van der Waals surface area contributed by atoms with Crippen molar-refractivity contribution >= 4 is 33.1 Å². The number of hydrogen-bond acceptors (Lipinski definition) is 5. The summed E-state index contributed by atoms with van der Waals surface area (Å²) in [5.41, 5.74) is 1.97. The Bertz CT molecular complexity index is 1120. The molecule has 0 radical (unpaired) electrons. The molecule has 4 rings (SSSR count). The number of amides is 1. The number of nitrogens with one attached hydrogen (secondary N) is 1. The third-order valence-electron chi connectivity index (χ3n) is 6.01. The number of aromatic nitrogens is 2. The third-order valence-corrected chi connectivity index (χ3v) is 7.20. The lowest BCUT2D eigenvalue weighted by atomic mass is 10.2. The van der Waals surface area contributed by atoms with E-state index in [0.29, 0.717) is 21.6 Å². The minimum Gasteiger partial charge on any atom is -0.372 e. The number of carbonyl (C=O) groups excluding carboxylic acids is 1. The first-order valence-corrected chi connectivity index (χ1v) is 12.0. The summed E-state index contributed by atoms with van der Waals surface area (Å²) < 4.78 is 1.82. The van der Waals surface area contributed by atoms with Gasteiger partial charge in [-0.3, -0.25) is 14.2 Å². The van der Waals surface area contributed by atoms with E-state index < -0.39 is 0 Å². The molecule has 1 aliphatic heterocycles. The summed E-state index contributed by atoms with van der Waals surface area (Å²) in [6.07, 6.45) is 4.89. The van der Waals surface area contributed by atoms with Crippen molar-refractivity contribution in [1.29, 1.82) is 0 Å². The molecule has 0 atom stereocenters. The maximum absolute atomic E-state index is 13.1. The summed E-state index contributed by atoms with van der Waals surface area (Å²) in [7, 11) is 0. The van der Waals surface area contributed by atoms with Crippen molar-refractivity contribution in [2.75, 3.05) is 24.5 Å². The Balaban J connectivity index is 1.44. The van der Waals surface area contributed by atoms with E-state index >= 15 is 0 Å². The second-order valence-electron chi connectivity index (χ2n) is 8.06. The zero-order chi connectivity index (χ0) is 21.8. The highest BCUT2D eigenvalue weighted by molar-refractivity contribution is 7.20. The summed E-state index contributed by atoms with van der Waals surface area (Å²) >= 11 is 1.34. The molecule has 1 amide bonds. The second kappa shape index (κ2) is 9.64. The number of anilines is 1. The number of nitrogens with zero attached hydrogens (tertiary/aromatic N) is 3. The van der Waals surface area contributed by atoms with Gasteiger partial charge in [-0.1, -0.05) is 24.6 Å². The van der Waals surface area contributed by atoms with E-state index in [1.807, 2.05) is 29.7 Å². The molecule has 1 N–H and O–H groups in total. The lowest BCUT2D eigenvalue weighted by Crippen LogP contribution is -2.30. The number of thiophene rings is 1. The van der Waals surface area contributed by atoms with E-state index in [-0.39, 0.29) is 11.5 Å². The van der Waals surface area contributed by atoms with Crippen LogP contribution in [0.4, 0.5) is 5.69 Å². The summed E-state index contributed by atoms with van der Waals surface area (Å²) in [6.45, 7) is 7.13. The number of carbonyl (C=O) groups is 1. The maximum atomic E-state index is 13.1. The quantitative estimate of drug-likeness (QED) is 0.563. The molecule has 3 heterocycles. The molecule has 0 bridgehead atoms. The van der Waals surface area contributed by atoms with Gasteiger partial charge in [-0.25, -0.2) is 4.98 Å². The molecule has 7 heteroatoms. The number of para-hydroxylation sites is 1. The highest BCUT2D eigenvalue weighted by Crippen LogP contribution is 2.28. The molecule has 1 aliphatic rings. The topological polar surface area (TPSA) is 67.2 Å². The molecule has 0 fully saturated rings. The van der Waals surface area contributed by atoms with Crippen LogP contribution in [-0.4, -0.2) is 35.1 Å². The fraction of sp³-hybridized carbons (Fsp3) is 0.458. The summed E-state index contributed by atoms with van der Waals surface area (Å²) in [5, 5.41) is 3.65. The van der Waals surface area contributed by atoms with Crippen LogP contribution < -0.4 is 15.8 Å². The van der Waals surface area contributed by atoms with Crippen LogP contribution >= 0.6 is 11.3 Å². The number of aryl methyl sites for hydroxylation is 2. The predicted molar refractivity (Wildman–Crippen MR) is 127 cm³/mol. The van der Waals surface area contributed by atoms with E-state index in [1.165, 1.54) is 17.0 Å². The first-order valence-electron chi connectivity index (χ1n) is 11.2. The fourth-order valence-electron chi connectivity index (χ4n) is 4.29. The SMILES string of the molecule is CCN(CCCNC(=O)c1sc2nc3n(c(=O)c2c1C)CCCCC3)c1ccccc1. The summed E-state index contributed by atoms with van der Waals surface area (Å²) in [5.74, 6) is 0.756. The predicted octanol–water partition coefficient (Wildman–Crippen LogP) is 4.14. The standard InChI is InChI=1S/C24H30N4O2S/c1-3-27(18-11-6-4-7-12-18)15-10-14-25-22(29)21-17(2)20-23(31-21)26-19-13-8-5-9-16-28(19)24(20)30/h4,6-7,11-12H,3,5,8-10,13-16H2,1-2H3,(H,25,29). The van der Waals surface area contributed by atoms with Crippen LogP contribution in [0.5, 0.6) is 0 Å². The highest BCUT2D eigenvalue weighted by atomic mass is 32.1. The molecular weight excluding hydrogens is 408 g/mol. The van der Waals surface area contributed by atoms with Crippen LogP contribution in [0.3, 0.4) is 0 Å². The molecule has 1 aromatic carbocycles. The lowest BCUT2D eigenvalue weighted by Gasteiger charge is -2.23. The van der Waals surface area contributed by atoms with Gasteiger partial charge in [0.1, 0.15) is 10.7 Å². The van der Waals surface area contributed by atoms with Crippen molar-refractivity contribution in [2.45, 2.75) is 52.5 Å². The van der Waals surface area contributed by atoms with Crippen LogP contribution in [0.15, 0.2) is 35.1 Å².